The summed E-state index contributed by atoms with van der Waals surface area (Å²) in [4.78, 5) is 16.3. The van der Waals surface area contributed by atoms with Crippen LogP contribution < -0.4 is 5.32 Å². The highest BCUT2D eigenvalue weighted by atomic mass is 19.1. The van der Waals surface area contributed by atoms with Gasteiger partial charge in [-0.25, -0.2) is 9.37 Å². The lowest BCUT2D eigenvalue weighted by Gasteiger charge is -2.12. The molecule has 160 valence electrons. The smallest absolute Gasteiger partial charge is 0.226 e. The number of halogens is 1. The standard InChI is InChI=1S/C24H21FN6O/c25-23-17(2-1-3-19(23)24(14-26)6-7-24)16-4-5-18-20(12-16)29-30-21(18)13-22(32)28-9-11-31-10-8-27-15-31/h1-5,8,10,12,15H,6-7,9,11,13H2,(H,28,32)(H,29,30). The molecule has 32 heavy (non-hydrogen) atoms. The monoisotopic (exact) mass is 428 g/mol. The Labute approximate surface area is 183 Å². The third kappa shape index (κ3) is 3.62. The maximum absolute atomic E-state index is 15.2. The first-order valence-corrected chi connectivity index (χ1v) is 10.5. The van der Waals surface area contributed by atoms with E-state index in [2.05, 4.69) is 26.6 Å². The summed E-state index contributed by atoms with van der Waals surface area (Å²) >= 11 is 0. The molecule has 0 saturated heterocycles. The number of nitrogens with one attached hydrogen (secondary N) is 2. The Morgan fingerprint density at radius 3 is 2.94 bits per heavy atom. The van der Waals surface area contributed by atoms with Gasteiger partial charge in [0, 0.05) is 42.0 Å². The van der Waals surface area contributed by atoms with E-state index in [0.29, 0.717) is 53.8 Å². The average Bonchev–Trinajstić information content (AvgIpc) is 3.22. The number of nitriles is 1. The Kier molecular flexibility index (Phi) is 4.94. The molecular weight excluding hydrogens is 407 g/mol. The molecule has 2 heterocycles. The molecule has 2 aromatic heterocycles. The highest BCUT2D eigenvalue weighted by molar-refractivity contribution is 5.90. The summed E-state index contributed by atoms with van der Waals surface area (Å²) in [5.41, 5.74) is 2.29. The number of hydrogen-bond donors (Lipinski definition) is 2. The predicted molar refractivity (Wildman–Crippen MR) is 117 cm³/mol. The SMILES string of the molecule is N#CC1(c2cccc(-c3ccc4c(CC(=O)NCCn5ccnc5)[nH]nc4c3)c2F)CC1. The van der Waals surface area contributed by atoms with Crippen LogP contribution in [0.2, 0.25) is 0 Å². The molecule has 0 radical (unpaired) electrons. The van der Waals surface area contributed by atoms with Gasteiger partial charge < -0.3 is 9.88 Å². The van der Waals surface area contributed by atoms with Crippen LogP contribution in [0.5, 0.6) is 0 Å². The number of carbonyl (C=O) groups is 1. The molecular formula is C24H21FN6O. The summed E-state index contributed by atoms with van der Waals surface area (Å²) in [7, 11) is 0. The number of fused-ring (bicyclic) bond motifs is 1. The van der Waals surface area contributed by atoms with Crippen LogP contribution in [-0.2, 0) is 23.2 Å². The molecule has 7 nitrogen and oxygen atoms in total. The molecule has 5 rings (SSSR count). The van der Waals surface area contributed by atoms with Crippen LogP contribution in [0.4, 0.5) is 4.39 Å². The minimum Gasteiger partial charge on any atom is -0.354 e. The van der Waals surface area contributed by atoms with Gasteiger partial charge in [-0.05, 0) is 24.5 Å². The van der Waals surface area contributed by atoms with Crippen LogP contribution >= 0.6 is 0 Å². The number of aromatic nitrogens is 4. The third-order valence-corrected chi connectivity index (χ3v) is 6.01. The Morgan fingerprint density at radius 1 is 1.31 bits per heavy atom. The normalized spacial score (nSPS) is 14.2. The van der Waals surface area contributed by atoms with E-state index in [9.17, 15) is 10.1 Å². The number of amides is 1. The molecule has 0 spiro atoms. The molecule has 1 aliphatic carbocycles. The van der Waals surface area contributed by atoms with Crippen molar-refractivity contribution in [3.8, 4) is 17.2 Å². The lowest BCUT2D eigenvalue weighted by atomic mass is 9.92. The summed E-state index contributed by atoms with van der Waals surface area (Å²) in [5, 5.41) is 20.4. The number of rotatable bonds is 7. The first-order valence-electron chi connectivity index (χ1n) is 10.5. The summed E-state index contributed by atoms with van der Waals surface area (Å²) in [6.07, 6.45) is 6.80. The van der Waals surface area contributed by atoms with E-state index in [1.54, 1.807) is 36.8 Å². The number of aromatic amines is 1. The zero-order valence-corrected chi connectivity index (χ0v) is 17.3. The number of imidazole rings is 1. The molecule has 0 unspecified atom stereocenters. The van der Waals surface area contributed by atoms with Crippen LogP contribution in [0.1, 0.15) is 24.1 Å². The van der Waals surface area contributed by atoms with Gasteiger partial charge >= 0.3 is 0 Å². The first-order chi connectivity index (χ1) is 15.6. The molecule has 1 fully saturated rings. The summed E-state index contributed by atoms with van der Waals surface area (Å²) < 4.78 is 17.1. The number of H-pyrrole nitrogens is 1. The van der Waals surface area contributed by atoms with E-state index in [0.717, 1.165) is 5.39 Å². The Morgan fingerprint density at radius 2 is 2.19 bits per heavy atom. The molecule has 0 aliphatic heterocycles. The lowest BCUT2D eigenvalue weighted by molar-refractivity contribution is -0.120. The van der Waals surface area contributed by atoms with Crippen LogP contribution in [-0.4, -0.2) is 32.2 Å². The van der Waals surface area contributed by atoms with E-state index in [-0.39, 0.29) is 18.1 Å². The number of benzene rings is 2. The van der Waals surface area contributed by atoms with Crippen molar-refractivity contribution < 1.29 is 9.18 Å². The molecule has 1 aliphatic rings. The molecule has 2 N–H and O–H groups in total. The zero-order valence-electron chi connectivity index (χ0n) is 17.3. The summed E-state index contributed by atoms with van der Waals surface area (Å²) in [6, 6.07) is 13.0. The fourth-order valence-corrected chi connectivity index (χ4v) is 4.03. The van der Waals surface area contributed by atoms with Crippen molar-refractivity contribution in [1.82, 2.24) is 25.1 Å². The topological polar surface area (TPSA) is 99.4 Å². The van der Waals surface area contributed by atoms with Gasteiger partial charge in [-0.15, -0.1) is 0 Å². The van der Waals surface area contributed by atoms with Crippen molar-refractivity contribution >= 4 is 16.8 Å². The van der Waals surface area contributed by atoms with E-state index >= 15 is 4.39 Å². The average molecular weight is 428 g/mol. The van der Waals surface area contributed by atoms with Gasteiger partial charge in [-0.2, -0.15) is 10.4 Å². The van der Waals surface area contributed by atoms with E-state index in [1.807, 2.05) is 22.9 Å². The van der Waals surface area contributed by atoms with E-state index in [1.165, 1.54) is 0 Å². The molecule has 1 amide bonds. The molecule has 8 heteroatoms. The molecule has 4 aromatic rings. The van der Waals surface area contributed by atoms with Gasteiger partial charge in [0.2, 0.25) is 5.91 Å². The minimum atomic E-state index is -0.686. The Bertz CT molecular complexity index is 1330. The van der Waals surface area contributed by atoms with Crippen LogP contribution in [0.3, 0.4) is 0 Å². The van der Waals surface area contributed by atoms with Gasteiger partial charge in [0.15, 0.2) is 0 Å². The van der Waals surface area contributed by atoms with Crippen LogP contribution in [0.25, 0.3) is 22.0 Å². The van der Waals surface area contributed by atoms with Gasteiger partial charge in [-0.1, -0.05) is 30.3 Å². The second-order valence-electron chi connectivity index (χ2n) is 8.12. The van der Waals surface area contributed by atoms with Crippen molar-refractivity contribution in [3.05, 3.63) is 72.2 Å². The maximum Gasteiger partial charge on any atom is 0.226 e. The molecule has 0 atom stereocenters. The summed E-state index contributed by atoms with van der Waals surface area (Å²) in [6.45, 7) is 1.15. The van der Waals surface area contributed by atoms with Gasteiger partial charge in [0.1, 0.15) is 5.82 Å². The fourth-order valence-electron chi connectivity index (χ4n) is 4.03. The van der Waals surface area contributed by atoms with Crippen molar-refractivity contribution in [2.45, 2.75) is 31.2 Å². The van der Waals surface area contributed by atoms with E-state index < -0.39 is 5.41 Å². The molecule has 1 saturated carbocycles. The highest BCUT2D eigenvalue weighted by Gasteiger charge is 2.47. The van der Waals surface area contributed by atoms with Crippen LogP contribution in [0, 0.1) is 17.1 Å². The van der Waals surface area contributed by atoms with Gasteiger partial charge in [0.25, 0.3) is 0 Å². The Balaban J connectivity index is 1.33. The van der Waals surface area contributed by atoms with Gasteiger partial charge in [0.05, 0.1) is 35.4 Å². The second kappa shape index (κ2) is 7.93. The van der Waals surface area contributed by atoms with Crippen molar-refractivity contribution in [1.29, 1.82) is 5.26 Å². The van der Waals surface area contributed by atoms with Crippen molar-refractivity contribution in [2.24, 2.45) is 0 Å². The predicted octanol–water partition coefficient (Wildman–Crippen LogP) is 3.48. The largest absolute Gasteiger partial charge is 0.354 e. The van der Waals surface area contributed by atoms with Crippen LogP contribution in [0.15, 0.2) is 55.1 Å². The van der Waals surface area contributed by atoms with E-state index in [4.69, 9.17) is 0 Å². The Hall–Kier alpha value is -3.99. The maximum atomic E-state index is 15.2. The molecule has 2 aromatic carbocycles. The number of hydrogen-bond acceptors (Lipinski definition) is 4. The fraction of sp³-hybridized carbons (Fsp3) is 0.250. The quantitative estimate of drug-likeness (QED) is 0.471. The van der Waals surface area contributed by atoms with Crippen molar-refractivity contribution in [2.75, 3.05) is 6.54 Å². The number of carbonyl (C=O) groups excluding carboxylic acids is 1. The van der Waals surface area contributed by atoms with Gasteiger partial charge in [-0.3, -0.25) is 9.89 Å². The summed E-state index contributed by atoms with van der Waals surface area (Å²) in [5.74, 6) is -0.455. The molecule has 0 bridgehead atoms. The highest BCUT2D eigenvalue weighted by Crippen LogP contribution is 2.49. The zero-order chi connectivity index (χ0) is 22.1. The second-order valence-corrected chi connectivity index (χ2v) is 8.12. The third-order valence-electron chi connectivity index (χ3n) is 6.01. The first kappa shape index (κ1) is 19.9. The lowest BCUT2D eigenvalue weighted by Crippen LogP contribution is -2.28. The number of nitrogens with zero attached hydrogens (tertiary/aromatic N) is 4. The minimum absolute atomic E-state index is 0.107. The van der Waals surface area contributed by atoms with Crippen molar-refractivity contribution in [3.63, 3.8) is 0 Å².